The summed E-state index contributed by atoms with van der Waals surface area (Å²) in [5, 5.41) is 6.33. The molecular weight excluding hydrogens is 407 g/mol. The fraction of sp³-hybridized carbons (Fsp3) is 0.250. The summed E-state index contributed by atoms with van der Waals surface area (Å²) >= 11 is 0. The van der Waals surface area contributed by atoms with Crippen LogP contribution in [0, 0.1) is 6.92 Å². The maximum atomic E-state index is 11.0. The standard InChI is InChI=1S/C16H20N4O2.HI/c1-11-4-3-5-12(8-11)9-19-16(18-2)20-10-13-6-7-14(22-13)15(17)21;/h3-8H,9-10H2,1-2H3,(H2,17,21)(H2,18,19,20);1H. The second kappa shape index (κ2) is 9.19. The highest BCUT2D eigenvalue weighted by atomic mass is 127. The summed E-state index contributed by atoms with van der Waals surface area (Å²) in [6.07, 6.45) is 0. The number of carbonyl (C=O) groups excluding carboxylic acids is 1. The van der Waals surface area contributed by atoms with Gasteiger partial charge in [0.25, 0.3) is 5.91 Å². The lowest BCUT2D eigenvalue weighted by Gasteiger charge is -2.11. The molecule has 0 spiro atoms. The van der Waals surface area contributed by atoms with Crippen LogP contribution in [0.1, 0.15) is 27.4 Å². The first kappa shape index (κ1) is 19.0. The number of nitrogens with two attached hydrogens (primary N) is 1. The van der Waals surface area contributed by atoms with Crippen LogP contribution in [0.3, 0.4) is 0 Å². The van der Waals surface area contributed by atoms with E-state index in [0.29, 0.717) is 24.8 Å². The maximum absolute atomic E-state index is 11.0. The van der Waals surface area contributed by atoms with Crippen LogP contribution in [0.4, 0.5) is 0 Å². The third-order valence-corrected chi connectivity index (χ3v) is 3.10. The van der Waals surface area contributed by atoms with Crippen LogP contribution in [0.5, 0.6) is 0 Å². The van der Waals surface area contributed by atoms with Crippen molar-refractivity contribution in [2.24, 2.45) is 10.7 Å². The first-order valence-corrected chi connectivity index (χ1v) is 6.97. The fourth-order valence-corrected chi connectivity index (χ4v) is 2.00. The molecule has 0 bridgehead atoms. The van der Waals surface area contributed by atoms with Crippen LogP contribution in [-0.4, -0.2) is 18.9 Å². The Morgan fingerprint density at radius 2 is 1.96 bits per heavy atom. The van der Waals surface area contributed by atoms with Gasteiger partial charge in [0.2, 0.25) is 0 Å². The monoisotopic (exact) mass is 428 g/mol. The number of nitrogens with one attached hydrogen (secondary N) is 2. The lowest BCUT2D eigenvalue weighted by molar-refractivity contribution is 0.0972. The van der Waals surface area contributed by atoms with E-state index in [4.69, 9.17) is 10.2 Å². The Morgan fingerprint density at radius 3 is 2.57 bits per heavy atom. The number of guanidine groups is 1. The molecule has 1 aromatic heterocycles. The fourth-order valence-electron chi connectivity index (χ4n) is 2.00. The molecule has 0 unspecified atom stereocenters. The highest BCUT2D eigenvalue weighted by Gasteiger charge is 2.07. The Hall–Kier alpha value is -2.03. The normalized spacial score (nSPS) is 10.8. The van der Waals surface area contributed by atoms with Gasteiger partial charge in [-0.2, -0.15) is 0 Å². The number of aryl methyl sites for hydroxylation is 1. The quantitative estimate of drug-likeness (QED) is 0.387. The summed E-state index contributed by atoms with van der Waals surface area (Å²) < 4.78 is 5.30. The molecule has 2 rings (SSSR count). The van der Waals surface area contributed by atoms with E-state index in [-0.39, 0.29) is 29.7 Å². The smallest absolute Gasteiger partial charge is 0.284 e. The Labute approximate surface area is 152 Å². The topological polar surface area (TPSA) is 92.6 Å². The lowest BCUT2D eigenvalue weighted by Crippen LogP contribution is -2.36. The van der Waals surface area contributed by atoms with E-state index in [0.717, 1.165) is 0 Å². The van der Waals surface area contributed by atoms with Gasteiger partial charge in [-0.25, -0.2) is 0 Å². The molecule has 0 aliphatic rings. The Balaban J connectivity index is 0.00000264. The predicted octanol–water partition coefficient (Wildman–Crippen LogP) is 2.17. The van der Waals surface area contributed by atoms with E-state index in [2.05, 4.69) is 40.7 Å². The van der Waals surface area contributed by atoms with Gasteiger partial charge in [-0.3, -0.25) is 9.79 Å². The summed E-state index contributed by atoms with van der Waals surface area (Å²) in [4.78, 5) is 15.1. The third kappa shape index (κ3) is 5.93. The molecule has 1 amide bonds. The molecule has 23 heavy (non-hydrogen) atoms. The summed E-state index contributed by atoms with van der Waals surface area (Å²) in [7, 11) is 1.70. The van der Waals surface area contributed by atoms with Crippen molar-refractivity contribution in [3.8, 4) is 0 Å². The van der Waals surface area contributed by atoms with Gasteiger partial charge in [-0.1, -0.05) is 29.8 Å². The van der Waals surface area contributed by atoms with E-state index >= 15 is 0 Å². The van der Waals surface area contributed by atoms with Crippen molar-refractivity contribution >= 4 is 35.8 Å². The molecule has 1 heterocycles. The summed E-state index contributed by atoms with van der Waals surface area (Å²) in [5.74, 6) is 0.846. The number of hydrogen-bond donors (Lipinski definition) is 3. The largest absolute Gasteiger partial charge is 0.454 e. The van der Waals surface area contributed by atoms with Gasteiger partial charge in [0.15, 0.2) is 11.7 Å². The molecular formula is C16H21IN4O2. The van der Waals surface area contributed by atoms with Crippen LogP contribution in [0.15, 0.2) is 45.8 Å². The molecule has 0 radical (unpaired) electrons. The molecule has 7 heteroatoms. The number of benzene rings is 1. The number of furan rings is 1. The van der Waals surface area contributed by atoms with Crippen molar-refractivity contribution < 1.29 is 9.21 Å². The number of hydrogen-bond acceptors (Lipinski definition) is 3. The molecule has 0 fully saturated rings. The first-order chi connectivity index (χ1) is 10.6. The lowest BCUT2D eigenvalue weighted by atomic mass is 10.1. The minimum atomic E-state index is -0.576. The number of aliphatic imine (C=N–C) groups is 1. The molecule has 0 aliphatic carbocycles. The molecule has 0 saturated carbocycles. The highest BCUT2D eigenvalue weighted by Crippen LogP contribution is 2.07. The van der Waals surface area contributed by atoms with Gasteiger partial charge in [-0.15, -0.1) is 24.0 Å². The van der Waals surface area contributed by atoms with Crippen LogP contribution in [-0.2, 0) is 13.1 Å². The molecule has 1 aromatic carbocycles. The van der Waals surface area contributed by atoms with Gasteiger partial charge in [0, 0.05) is 13.6 Å². The van der Waals surface area contributed by atoms with E-state index in [1.54, 1.807) is 19.2 Å². The summed E-state index contributed by atoms with van der Waals surface area (Å²) in [6, 6.07) is 11.5. The third-order valence-electron chi connectivity index (χ3n) is 3.10. The van der Waals surface area contributed by atoms with Gasteiger partial charge in [-0.05, 0) is 24.6 Å². The number of nitrogens with zero attached hydrogens (tertiary/aromatic N) is 1. The van der Waals surface area contributed by atoms with E-state index in [9.17, 15) is 4.79 Å². The zero-order valence-corrected chi connectivity index (χ0v) is 15.5. The number of primary amides is 1. The van der Waals surface area contributed by atoms with Crippen LogP contribution in [0.2, 0.25) is 0 Å². The average molecular weight is 428 g/mol. The number of carbonyl (C=O) groups is 1. The molecule has 4 N–H and O–H groups in total. The minimum Gasteiger partial charge on any atom is -0.454 e. The molecule has 124 valence electrons. The Kier molecular flexibility index (Phi) is 7.60. The highest BCUT2D eigenvalue weighted by molar-refractivity contribution is 14.0. The van der Waals surface area contributed by atoms with E-state index in [1.807, 2.05) is 6.07 Å². The van der Waals surface area contributed by atoms with Crippen molar-refractivity contribution in [3.05, 3.63) is 59.0 Å². The zero-order chi connectivity index (χ0) is 15.9. The molecule has 0 atom stereocenters. The molecule has 2 aromatic rings. The van der Waals surface area contributed by atoms with Crippen molar-refractivity contribution in [3.63, 3.8) is 0 Å². The second-order valence-electron chi connectivity index (χ2n) is 4.90. The Bertz CT molecular complexity index is 682. The first-order valence-electron chi connectivity index (χ1n) is 6.97. The maximum Gasteiger partial charge on any atom is 0.284 e. The van der Waals surface area contributed by atoms with Crippen molar-refractivity contribution in [2.75, 3.05) is 7.05 Å². The molecule has 6 nitrogen and oxygen atoms in total. The van der Waals surface area contributed by atoms with Crippen molar-refractivity contribution in [1.82, 2.24) is 10.6 Å². The van der Waals surface area contributed by atoms with Crippen molar-refractivity contribution in [2.45, 2.75) is 20.0 Å². The average Bonchev–Trinajstić information content (AvgIpc) is 2.97. The van der Waals surface area contributed by atoms with Gasteiger partial charge in [0.05, 0.1) is 6.54 Å². The van der Waals surface area contributed by atoms with Gasteiger partial charge in [0.1, 0.15) is 5.76 Å². The number of rotatable bonds is 5. The summed E-state index contributed by atoms with van der Waals surface area (Å²) in [6.45, 7) is 3.15. The van der Waals surface area contributed by atoms with Gasteiger partial charge >= 0.3 is 0 Å². The summed E-state index contributed by atoms with van der Waals surface area (Å²) in [5.41, 5.74) is 7.54. The van der Waals surface area contributed by atoms with E-state index in [1.165, 1.54) is 11.1 Å². The number of halogens is 1. The van der Waals surface area contributed by atoms with Crippen LogP contribution in [0.25, 0.3) is 0 Å². The SMILES string of the molecule is CN=C(NCc1cccc(C)c1)NCc1ccc(C(N)=O)o1.I. The van der Waals surface area contributed by atoms with Crippen molar-refractivity contribution in [1.29, 1.82) is 0 Å². The molecule has 0 saturated heterocycles. The minimum absolute atomic E-state index is 0. The van der Waals surface area contributed by atoms with Crippen LogP contribution >= 0.6 is 24.0 Å². The van der Waals surface area contributed by atoms with Gasteiger partial charge < -0.3 is 20.8 Å². The Morgan fingerprint density at radius 1 is 1.22 bits per heavy atom. The molecule has 0 aliphatic heterocycles. The zero-order valence-electron chi connectivity index (χ0n) is 13.1. The predicted molar refractivity (Wildman–Crippen MR) is 101 cm³/mol. The van der Waals surface area contributed by atoms with E-state index < -0.39 is 5.91 Å². The van der Waals surface area contributed by atoms with Crippen LogP contribution < -0.4 is 16.4 Å². The number of amides is 1. The second-order valence-corrected chi connectivity index (χ2v) is 4.90.